The van der Waals surface area contributed by atoms with Gasteiger partial charge in [0.05, 0.1) is 6.04 Å². The normalized spacial score (nSPS) is 24.6. The van der Waals surface area contributed by atoms with Crippen LogP contribution in [0.5, 0.6) is 0 Å². The van der Waals surface area contributed by atoms with Crippen LogP contribution in [0.4, 0.5) is 5.69 Å². The van der Waals surface area contributed by atoms with E-state index >= 15 is 0 Å². The fourth-order valence-electron chi connectivity index (χ4n) is 2.93. The van der Waals surface area contributed by atoms with Gasteiger partial charge in [0.15, 0.2) is 0 Å². The Morgan fingerprint density at radius 3 is 2.58 bits per heavy atom. The van der Waals surface area contributed by atoms with Crippen LogP contribution in [0.1, 0.15) is 18.9 Å². The number of benzene rings is 1. The second-order valence-corrected chi connectivity index (χ2v) is 6.00. The molecule has 3 heteroatoms. The standard InChI is InChI=1S/C16H27N3/c1-13-5-7-15(8-6-13)19-14(2)9-10-17-11-16(19)12-18(3)4/h5-8,14,16-17H,9-12H2,1-4H3. The Balaban J connectivity index is 2.25. The van der Waals surface area contributed by atoms with Crippen molar-refractivity contribution in [1.82, 2.24) is 10.2 Å². The van der Waals surface area contributed by atoms with E-state index in [0.717, 1.165) is 19.6 Å². The van der Waals surface area contributed by atoms with Gasteiger partial charge < -0.3 is 15.1 Å². The Bertz CT molecular complexity index is 385. The third-order valence-electron chi connectivity index (χ3n) is 3.90. The minimum atomic E-state index is 0.537. The molecule has 1 N–H and O–H groups in total. The Kier molecular flexibility index (Phi) is 4.83. The van der Waals surface area contributed by atoms with Crippen molar-refractivity contribution >= 4 is 5.69 Å². The molecule has 1 aliphatic heterocycles. The van der Waals surface area contributed by atoms with E-state index in [1.807, 2.05) is 0 Å². The highest BCUT2D eigenvalue weighted by atomic mass is 15.3. The molecule has 0 bridgehead atoms. The summed E-state index contributed by atoms with van der Waals surface area (Å²) in [5, 5.41) is 3.58. The highest BCUT2D eigenvalue weighted by molar-refractivity contribution is 5.50. The molecule has 1 aromatic carbocycles. The maximum absolute atomic E-state index is 3.58. The van der Waals surface area contributed by atoms with Gasteiger partial charge in [0.1, 0.15) is 0 Å². The monoisotopic (exact) mass is 261 g/mol. The van der Waals surface area contributed by atoms with Crippen LogP contribution in [0, 0.1) is 6.92 Å². The highest BCUT2D eigenvalue weighted by Crippen LogP contribution is 2.23. The predicted octanol–water partition coefficient (Wildman–Crippen LogP) is 2.11. The molecule has 106 valence electrons. The first-order valence-electron chi connectivity index (χ1n) is 7.28. The zero-order chi connectivity index (χ0) is 13.8. The summed E-state index contributed by atoms with van der Waals surface area (Å²) in [5.41, 5.74) is 2.68. The Hall–Kier alpha value is -1.06. The van der Waals surface area contributed by atoms with Gasteiger partial charge in [0.2, 0.25) is 0 Å². The molecule has 1 aromatic rings. The number of nitrogens with one attached hydrogen (secondary N) is 1. The van der Waals surface area contributed by atoms with Crippen molar-refractivity contribution in [3.8, 4) is 0 Å². The van der Waals surface area contributed by atoms with E-state index < -0.39 is 0 Å². The van der Waals surface area contributed by atoms with Crippen LogP contribution < -0.4 is 10.2 Å². The van der Waals surface area contributed by atoms with Gasteiger partial charge in [-0.1, -0.05) is 17.7 Å². The molecule has 0 amide bonds. The summed E-state index contributed by atoms with van der Waals surface area (Å²) in [4.78, 5) is 4.88. The van der Waals surface area contributed by atoms with Gasteiger partial charge >= 0.3 is 0 Å². The van der Waals surface area contributed by atoms with Crippen LogP contribution in [-0.4, -0.2) is 50.7 Å². The van der Waals surface area contributed by atoms with Crippen molar-refractivity contribution in [2.75, 3.05) is 38.6 Å². The molecule has 2 unspecified atom stereocenters. The second kappa shape index (κ2) is 6.40. The first-order valence-corrected chi connectivity index (χ1v) is 7.28. The summed E-state index contributed by atoms with van der Waals surface area (Å²) in [6.07, 6.45) is 1.21. The molecule has 0 saturated carbocycles. The third-order valence-corrected chi connectivity index (χ3v) is 3.90. The van der Waals surface area contributed by atoms with Gasteiger partial charge in [-0.3, -0.25) is 0 Å². The number of hydrogen-bond donors (Lipinski definition) is 1. The van der Waals surface area contributed by atoms with Crippen LogP contribution in [-0.2, 0) is 0 Å². The molecule has 1 saturated heterocycles. The highest BCUT2D eigenvalue weighted by Gasteiger charge is 2.26. The van der Waals surface area contributed by atoms with Crippen molar-refractivity contribution in [2.24, 2.45) is 0 Å². The maximum Gasteiger partial charge on any atom is 0.0544 e. The van der Waals surface area contributed by atoms with Crippen molar-refractivity contribution in [1.29, 1.82) is 0 Å². The third kappa shape index (κ3) is 3.71. The van der Waals surface area contributed by atoms with Gasteiger partial charge in [-0.25, -0.2) is 0 Å². The predicted molar refractivity (Wildman–Crippen MR) is 82.9 cm³/mol. The van der Waals surface area contributed by atoms with Crippen molar-refractivity contribution in [3.63, 3.8) is 0 Å². The summed E-state index contributed by atoms with van der Waals surface area (Å²) >= 11 is 0. The SMILES string of the molecule is Cc1ccc(N2C(C)CCNCC2CN(C)C)cc1. The molecule has 2 rings (SSSR count). The maximum atomic E-state index is 3.58. The van der Waals surface area contributed by atoms with Gasteiger partial charge in [-0.2, -0.15) is 0 Å². The van der Waals surface area contributed by atoms with Crippen LogP contribution >= 0.6 is 0 Å². The van der Waals surface area contributed by atoms with Gasteiger partial charge in [-0.05, 0) is 53.0 Å². The molecule has 1 aliphatic rings. The lowest BCUT2D eigenvalue weighted by molar-refractivity contribution is 0.354. The molecule has 0 aliphatic carbocycles. The second-order valence-electron chi connectivity index (χ2n) is 6.00. The lowest BCUT2D eigenvalue weighted by Gasteiger charge is -2.38. The van der Waals surface area contributed by atoms with Gasteiger partial charge in [0, 0.05) is 24.8 Å². The Morgan fingerprint density at radius 2 is 1.95 bits per heavy atom. The Morgan fingerprint density at radius 1 is 1.26 bits per heavy atom. The first kappa shape index (κ1) is 14.4. The lowest BCUT2D eigenvalue weighted by Crippen LogP contribution is -2.49. The molecular weight excluding hydrogens is 234 g/mol. The summed E-state index contributed by atoms with van der Waals surface area (Å²) < 4.78 is 0. The van der Waals surface area contributed by atoms with E-state index in [1.54, 1.807) is 0 Å². The van der Waals surface area contributed by atoms with E-state index in [9.17, 15) is 0 Å². The number of hydrogen-bond acceptors (Lipinski definition) is 3. The van der Waals surface area contributed by atoms with Crippen molar-refractivity contribution in [2.45, 2.75) is 32.4 Å². The van der Waals surface area contributed by atoms with Crippen LogP contribution in [0.3, 0.4) is 0 Å². The molecule has 3 nitrogen and oxygen atoms in total. The molecular formula is C16H27N3. The minimum Gasteiger partial charge on any atom is -0.363 e. The van der Waals surface area contributed by atoms with Crippen LogP contribution in [0.25, 0.3) is 0 Å². The van der Waals surface area contributed by atoms with E-state index in [-0.39, 0.29) is 0 Å². The zero-order valence-corrected chi connectivity index (χ0v) is 12.7. The molecule has 1 heterocycles. The molecule has 0 spiro atoms. The van der Waals surface area contributed by atoms with Crippen molar-refractivity contribution in [3.05, 3.63) is 29.8 Å². The van der Waals surface area contributed by atoms with E-state index in [0.29, 0.717) is 12.1 Å². The summed E-state index contributed by atoms with van der Waals surface area (Å²) in [5.74, 6) is 0. The number of nitrogens with zero attached hydrogens (tertiary/aromatic N) is 2. The number of rotatable bonds is 3. The average Bonchev–Trinajstić information content (AvgIpc) is 2.52. The first-order chi connectivity index (χ1) is 9.08. The summed E-state index contributed by atoms with van der Waals surface area (Å²) in [6, 6.07) is 10.1. The number of anilines is 1. The van der Waals surface area contributed by atoms with Crippen LogP contribution in [0.2, 0.25) is 0 Å². The Labute approximate surface area is 117 Å². The minimum absolute atomic E-state index is 0.537. The largest absolute Gasteiger partial charge is 0.363 e. The molecule has 2 atom stereocenters. The quantitative estimate of drug-likeness (QED) is 0.899. The molecule has 0 aromatic heterocycles. The van der Waals surface area contributed by atoms with Gasteiger partial charge in [-0.15, -0.1) is 0 Å². The number of aryl methyl sites for hydroxylation is 1. The molecule has 1 fully saturated rings. The fourth-order valence-corrected chi connectivity index (χ4v) is 2.93. The number of likely N-dealkylation sites (N-methyl/N-ethyl adjacent to an activating group) is 1. The van der Waals surface area contributed by atoms with E-state index in [2.05, 4.69) is 67.3 Å². The fraction of sp³-hybridized carbons (Fsp3) is 0.625. The molecule has 0 radical (unpaired) electrons. The van der Waals surface area contributed by atoms with Crippen LogP contribution in [0.15, 0.2) is 24.3 Å². The van der Waals surface area contributed by atoms with E-state index in [4.69, 9.17) is 0 Å². The van der Waals surface area contributed by atoms with Crippen molar-refractivity contribution < 1.29 is 0 Å². The lowest BCUT2D eigenvalue weighted by atomic mass is 10.1. The average molecular weight is 261 g/mol. The molecule has 19 heavy (non-hydrogen) atoms. The van der Waals surface area contributed by atoms with Gasteiger partial charge in [0.25, 0.3) is 0 Å². The topological polar surface area (TPSA) is 18.5 Å². The summed E-state index contributed by atoms with van der Waals surface area (Å²) in [7, 11) is 4.31. The van der Waals surface area contributed by atoms with E-state index in [1.165, 1.54) is 17.7 Å². The summed E-state index contributed by atoms with van der Waals surface area (Å²) in [6.45, 7) is 7.76. The zero-order valence-electron chi connectivity index (χ0n) is 12.7. The smallest absolute Gasteiger partial charge is 0.0544 e.